The van der Waals surface area contributed by atoms with E-state index in [1.54, 1.807) is 0 Å². The maximum absolute atomic E-state index is 13.8. The molecule has 0 unspecified atom stereocenters. The van der Waals surface area contributed by atoms with Crippen molar-refractivity contribution in [2.75, 3.05) is 11.1 Å². The zero-order valence-electron chi connectivity index (χ0n) is 20.0. The number of aryl methyl sites for hydroxylation is 2. The summed E-state index contributed by atoms with van der Waals surface area (Å²) in [6, 6.07) is 8.64. The number of halogens is 4. The quantitative estimate of drug-likeness (QED) is 0.138. The van der Waals surface area contributed by atoms with E-state index in [9.17, 15) is 27.2 Å². The van der Waals surface area contributed by atoms with Crippen LogP contribution in [0.15, 0.2) is 52.4 Å². The summed E-state index contributed by atoms with van der Waals surface area (Å²) in [5.74, 6) is -1.04. The van der Waals surface area contributed by atoms with Crippen molar-refractivity contribution in [3.8, 4) is 5.69 Å². The molecule has 0 atom stereocenters. The van der Waals surface area contributed by atoms with Gasteiger partial charge in [0.05, 0.1) is 32.6 Å². The number of carbonyl (C=O) groups is 1. The molecule has 1 amide bonds. The van der Waals surface area contributed by atoms with E-state index in [4.69, 9.17) is 0 Å². The van der Waals surface area contributed by atoms with Gasteiger partial charge in [0, 0.05) is 4.88 Å². The van der Waals surface area contributed by atoms with Crippen molar-refractivity contribution in [1.29, 1.82) is 0 Å². The Hall–Kier alpha value is -3.29. The van der Waals surface area contributed by atoms with Crippen LogP contribution in [0.5, 0.6) is 0 Å². The SMILES string of the molecule is O=C(CSc1nc2sc3c(c2c(=O)n1-c1cccc(C(F)(F)F)c1)CCCC3)Nc1nc2ccc(F)cc2s1. The first-order valence-electron chi connectivity index (χ1n) is 11.9. The van der Waals surface area contributed by atoms with E-state index < -0.39 is 29.0 Å². The molecule has 1 N–H and O–H groups in total. The Bertz CT molecular complexity index is 1810. The van der Waals surface area contributed by atoms with Crippen LogP contribution >= 0.6 is 34.4 Å². The van der Waals surface area contributed by atoms with E-state index in [2.05, 4.69) is 15.3 Å². The molecule has 6 nitrogen and oxygen atoms in total. The summed E-state index contributed by atoms with van der Waals surface area (Å²) in [7, 11) is 0. The van der Waals surface area contributed by atoms with Gasteiger partial charge in [-0.05, 0) is 67.6 Å². The highest BCUT2D eigenvalue weighted by molar-refractivity contribution is 7.99. The number of hydrogen-bond donors (Lipinski definition) is 1. The zero-order valence-corrected chi connectivity index (χ0v) is 22.4. The number of alkyl halides is 3. The van der Waals surface area contributed by atoms with Crippen molar-refractivity contribution in [3.63, 3.8) is 0 Å². The van der Waals surface area contributed by atoms with Gasteiger partial charge in [-0.3, -0.25) is 14.2 Å². The highest BCUT2D eigenvalue weighted by Gasteiger charge is 2.31. The van der Waals surface area contributed by atoms with Crippen LogP contribution in [0.4, 0.5) is 22.7 Å². The molecule has 1 aliphatic rings. The van der Waals surface area contributed by atoms with Crippen molar-refractivity contribution in [2.45, 2.75) is 37.0 Å². The molecule has 0 fully saturated rings. The van der Waals surface area contributed by atoms with Crippen LogP contribution in [-0.2, 0) is 23.8 Å². The van der Waals surface area contributed by atoms with Gasteiger partial charge in [-0.15, -0.1) is 11.3 Å². The van der Waals surface area contributed by atoms with Gasteiger partial charge in [-0.1, -0.05) is 29.2 Å². The number of aromatic nitrogens is 3. The lowest BCUT2D eigenvalue weighted by Crippen LogP contribution is -2.23. The van der Waals surface area contributed by atoms with E-state index in [0.29, 0.717) is 20.4 Å². The number of nitrogens with one attached hydrogen (secondary N) is 1. The Morgan fingerprint density at radius 2 is 1.90 bits per heavy atom. The molecule has 0 radical (unpaired) electrons. The number of rotatable bonds is 5. The molecule has 0 spiro atoms. The lowest BCUT2D eigenvalue weighted by Gasteiger charge is -2.15. The second kappa shape index (κ2) is 10.0. The first-order valence-corrected chi connectivity index (χ1v) is 14.5. The molecular weight excluding hydrogens is 573 g/mol. The number of thiazole rings is 1. The molecule has 1 aliphatic carbocycles. The summed E-state index contributed by atoms with van der Waals surface area (Å²) in [4.78, 5) is 37.1. The molecule has 2 aromatic carbocycles. The predicted molar refractivity (Wildman–Crippen MR) is 146 cm³/mol. The minimum atomic E-state index is -4.59. The number of thioether (sulfide) groups is 1. The second-order valence-electron chi connectivity index (χ2n) is 8.94. The van der Waals surface area contributed by atoms with Crippen LogP contribution < -0.4 is 10.9 Å². The lowest BCUT2D eigenvalue weighted by molar-refractivity contribution is -0.137. The number of amides is 1. The Kier molecular flexibility index (Phi) is 6.68. The maximum atomic E-state index is 13.8. The Morgan fingerprint density at radius 3 is 2.72 bits per heavy atom. The number of hydrogen-bond acceptors (Lipinski definition) is 7. The second-order valence-corrected chi connectivity index (χ2v) is 12.0. The number of anilines is 1. The largest absolute Gasteiger partial charge is 0.416 e. The topological polar surface area (TPSA) is 76.9 Å². The van der Waals surface area contributed by atoms with Gasteiger partial charge in [-0.2, -0.15) is 13.2 Å². The van der Waals surface area contributed by atoms with Crippen LogP contribution in [0.2, 0.25) is 0 Å². The predicted octanol–water partition coefficient (Wildman–Crippen LogP) is 6.82. The van der Waals surface area contributed by atoms with Crippen LogP contribution in [0.3, 0.4) is 0 Å². The van der Waals surface area contributed by atoms with Gasteiger partial charge in [0.25, 0.3) is 5.56 Å². The average molecular weight is 591 g/mol. The van der Waals surface area contributed by atoms with Gasteiger partial charge >= 0.3 is 6.18 Å². The molecule has 0 bridgehead atoms. The normalized spacial score (nSPS) is 13.6. The summed E-state index contributed by atoms with van der Waals surface area (Å²) in [6.45, 7) is 0. The molecule has 39 heavy (non-hydrogen) atoms. The molecule has 0 aliphatic heterocycles. The van der Waals surface area contributed by atoms with Crippen molar-refractivity contribution < 1.29 is 22.4 Å². The van der Waals surface area contributed by atoms with Crippen LogP contribution in [0.1, 0.15) is 28.8 Å². The molecule has 200 valence electrons. The molecule has 3 aromatic heterocycles. The summed E-state index contributed by atoms with van der Waals surface area (Å²) < 4.78 is 55.7. The fourth-order valence-corrected chi connectivity index (χ4v) is 7.59. The van der Waals surface area contributed by atoms with Gasteiger partial charge in [0.1, 0.15) is 10.6 Å². The lowest BCUT2D eigenvalue weighted by atomic mass is 9.97. The van der Waals surface area contributed by atoms with Crippen molar-refractivity contribution in [3.05, 3.63) is 74.6 Å². The van der Waals surface area contributed by atoms with Crippen molar-refractivity contribution in [1.82, 2.24) is 14.5 Å². The van der Waals surface area contributed by atoms with Crippen LogP contribution in [0, 0.1) is 5.82 Å². The molecule has 0 saturated carbocycles. The van der Waals surface area contributed by atoms with E-state index in [1.165, 1.54) is 41.7 Å². The summed E-state index contributed by atoms with van der Waals surface area (Å²) >= 11 is 3.49. The highest BCUT2D eigenvalue weighted by atomic mass is 32.2. The average Bonchev–Trinajstić information content (AvgIpc) is 3.47. The van der Waals surface area contributed by atoms with E-state index in [0.717, 1.165) is 75.9 Å². The Morgan fingerprint density at radius 1 is 1.08 bits per heavy atom. The number of fused-ring (bicyclic) bond motifs is 4. The van der Waals surface area contributed by atoms with Crippen molar-refractivity contribution >= 4 is 65.9 Å². The molecular formula is C26H18F4N4O2S3. The number of nitrogens with zero attached hydrogens (tertiary/aromatic N) is 3. The first-order chi connectivity index (χ1) is 18.7. The van der Waals surface area contributed by atoms with Crippen molar-refractivity contribution in [2.24, 2.45) is 0 Å². The smallest absolute Gasteiger partial charge is 0.301 e. The third-order valence-corrected chi connectivity index (χ3v) is 9.38. The Balaban J connectivity index is 1.36. The number of carbonyl (C=O) groups excluding carboxylic acids is 1. The fraction of sp³-hybridized carbons (Fsp3) is 0.231. The van der Waals surface area contributed by atoms with Gasteiger partial charge < -0.3 is 5.32 Å². The molecule has 0 saturated heterocycles. The van der Waals surface area contributed by atoms with Gasteiger partial charge in [0.15, 0.2) is 10.3 Å². The first kappa shape index (κ1) is 26.0. The third kappa shape index (κ3) is 5.06. The molecule has 6 rings (SSSR count). The monoisotopic (exact) mass is 590 g/mol. The van der Waals surface area contributed by atoms with Crippen LogP contribution in [0.25, 0.3) is 26.1 Å². The standard InChI is InChI=1S/C26H18F4N4O2S3/c27-14-8-9-17-19(11-14)39-24(31-17)32-20(35)12-37-25-33-22-21(16-6-1-2-7-18(16)38-22)23(36)34(25)15-5-3-4-13(10-15)26(28,29)30/h3-5,8-11H,1-2,6-7,12H2,(H,31,32,35). The Labute approximate surface area is 230 Å². The van der Waals surface area contributed by atoms with Gasteiger partial charge in [-0.25, -0.2) is 14.4 Å². The number of thiophene rings is 1. The zero-order chi connectivity index (χ0) is 27.3. The summed E-state index contributed by atoms with van der Waals surface area (Å²) in [5.41, 5.74) is 0.142. The fourth-order valence-electron chi connectivity index (χ4n) is 4.57. The highest BCUT2D eigenvalue weighted by Crippen LogP contribution is 2.36. The van der Waals surface area contributed by atoms with E-state index >= 15 is 0 Å². The van der Waals surface area contributed by atoms with Gasteiger partial charge in [0.2, 0.25) is 5.91 Å². The third-order valence-electron chi connectivity index (χ3n) is 6.32. The minimum Gasteiger partial charge on any atom is -0.301 e. The number of benzene rings is 2. The molecule has 13 heteroatoms. The summed E-state index contributed by atoms with van der Waals surface area (Å²) in [5, 5.41) is 3.50. The van der Waals surface area contributed by atoms with Crippen LogP contribution in [-0.4, -0.2) is 26.2 Å². The molecule has 5 aromatic rings. The minimum absolute atomic E-state index is 0.0242. The van der Waals surface area contributed by atoms with E-state index in [1.807, 2.05) is 0 Å². The van der Waals surface area contributed by atoms with E-state index in [-0.39, 0.29) is 21.7 Å². The maximum Gasteiger partial charge on any atom is 0.416 e. The molecule has 3 heterocycles. The summed E-state index contributed by atoms with van der Waals surface area (Å²) in [6.07, 6.45) is -1.11.